The molecule has 0 heterocycles. The number of ether oxygens (including phenoxy) is 2. The Kier molecular flexibility index (Phi) is 4.49. The molecular formula is C10H19BO3. The first-order valence-electron chi connectivity index (χ1n) is 4.84. The van der Waals surface area contributed by atoms with E-state index < -0.39 is 17.4 Å². The summed E-state index contributed by atoms with van der Waals surface area (Å²) in [7, 11) is 5.42. The van der Waals surface area contributed by atoms with Crippen molar-refractivity contribution in [2.24, 2.45) is 0 Å². The van der Waals surface area contributed by atoms with Gasteiger partial charge in [0.1, 0.15) is 11.2 Å². The normalized spacial score (nSPS) is 12.4. The lowest BCUT2D eigenvalue weighted by Gasteiger charge is -2.28. The van der Waals surface area contributed by atoms with Crippen LogP contribution in [0.2, 0.25) is 6.32 Å². The van der Waals surface area contributed by atoms with Gasteiger partial charge in [-0.2, -0.15) is 0 Å². The van der Waals surface area contributed by atoms with Crippen molar-refractivity contribution < 1.29 is 14.3 Å². The standard InChI is InChI=1S/C10H19BO3/c1-6-9(2,3)13-8(12)14-10(4,5)7-11/h6-7H2,1-5H3. The zero-order chi connectivity index (χ0) is 11.4. The first kappa shape index (κ1) is 13.3. The van der Waals surface area contributed by atoms with Crippen molar-refractivity contribution >= 4 is 14.0 Å². The molecule has 0 aromatic rings. The largest absolute Gasteiger partial charge is 0.509 e. The Labute approximate surface area is 87.6 Å². The van der Waals surface area contributed by atoms with E-state index in [0.717, 1.165) is 6.42 Å². The summed E-state index contributed by atoms with van der Waals surface area (Å²) in [6.45, 7) is 9.11. The molecule has 14 heavy (non-hydrogen) atoms. The van der Waals surface area contributed by atoms with Crippen LogP contribution in [-0.2, 0) is 9.47 Å². The fraction of sp³-hybridized carbons (Fsp3) is 0.900. The topological polar surface area (TPSA) is 35.5 Å². The van der Waals surface area contributed by atoms with Gasteiger partial charge in [-0.15, -0.1) is 0 Å². The first-order chi connectivity index (χ1) is 6.22. The number of hydrogen-bond acceptors (Lipinski definition) is 3. The minimum atomic E-state index is -0.666. The van der Waals surface area contributed by atoms with Gasteiger partial charge in [0.2, 0.25) is 0 Å². The van der Waals surface area contributed by atoms with E-state index in [4.69, 9.17) is 17.3 Å². The van der Waals surface area contributed by atoms with Crippen molar-refractivity contribution in [1.82, 2.24) is 0 Å². The van der Waals surface area contributed by atoms with Gasteiger partial charge < -0.3 is 9.47 Å². The van der Waals surface area contributed by atoms with E-state index in [0.29, 0.717) is 0 Å². The molecule has 0 N–H and O–H groups in total. The summed E-state index contributed by atoms with van der Waals surface area (Å²) in [6.07, 6.45) is 0.354. The molecule has 0 spiro atoms. The maximum absolute atomic E-state index is 11.3. The van der Waals surface area contributed by atoms with Crippen LogP contribution in [0.15, 0.2) is 0 Å². The molecule has 0 atom stereocenters. The molecule has 0 rings (SSSR count). The molecule has 0 aliphatic rings. The average Bonchev–Trinajstić information content (AvgIpc) is 2.02. The fourth-order valence-electron chi connectivity index (χ4n) is 0.586. The first-order valence-corrected chi connectivity index (χ1v) is 4.84. The van der Waals surface area contributed by atoms with E-state index in [-0.39, 0.29) is 6.32 Å². The summed E-state index contributed by atoms with van der Waals surface area (Å²) >= 11 is 0. The van der Waals surface area contributed by atoms with E-state index in [1.165, 1.54) is 0 Å². The maximum Gasteiger partial charge on any atom is 0.509 e. The van der Waals surface area contributed by atoms with Gasteiger partial charge in [-0.1, -0.05) is 6.92 Å². The fourth-order valence-corrected chi connectivity index (χ4v) is 0.586. The maximum atomic E-state index is 11.3. The van der Waals surface area contributed by atoms with Crippen LogP contribution in [0.4, 0.5) is 4.79 Å². The van der Waals surface area contributed by atoms with Crippen molar-refractivity contribution in [3.8, 4) is 0 Å². The lowest BCUT2D eigenvalue weighted by Crippen LogP contribution is -2.33. The second-order valence-corrected chi connectivity index (χ2v) is 4.53. The summed E-state index contributed by atoms with van der Waals surface area (Å²) in [4.78, 5) is 11.3. The Balaban J connectivity index is 4.12. The second kappa shape index (κ2) is 4.71. The molecule has 0 amide bonds. The molecule has 2 radical (unpaired) electrons. The Morgan fingerprint density at radius 1 is 1.14 bits per heavy atom. The number of carbonyl (C=O) groups excluding carboxylic acids is 1. The molecular weight excluding hydrogens is 179 g/mol. The van der Waals surface area contributed by atoms with Crippen molar-refractivity contribution in [2.75, 3.05) is 0 Å². The van der Waals surface area contributed by atoms with E-state index in [1.54, 1.807) is 13.8 Å². The Hall–Kier alpha value is -0.665. The van der Waals surface area contributed by atoms with Crippen LogP contribution < -0.4 is 0 Å². The zero-order valence-corrected chi connectivity index (χ0v) is 9.72. The van der Waals surface area contributed by atoms with Crippen LogP contribution >= 0.6 is 0 Å². The summed E-state index contributed by atoms with van der Waals surface area (Å²) in [5.74, 6) is 0. The van der Waals surface area contributed by atoms with Gasteiger partial charge in [0, 0.05) is 0 Å². The van der Waals surface area contributed by atoms with Gasteiger partial charge in [-0.25, -0.2) is 4.79 Å². The van der Waals surface area contributed by atoms with Gasteiger partial charge in [-0.3, -0.25) is 0 Å². The lowest BCUT2D eigenvalue weighted by atomic mass is 9.90. The Morgan fingerprint density at radius 2 is 1.57 bits per heavy atom. The molecule has 3 nitrogen and oxygen atoms in total. The molecule has 0 bridgehead atoms. The average molecular weight is 198 g/mol. The minimum Gasteiger partial charge on any atom is -0.429 e. The van der Waals surface area contributed by atoms with Crippen molar-refractivity contribution in [1.29, 1.82) is 0 Å². The molecule has 0 saturated heterocycles. The molecule has 0 aromatic heterocycles. The monoisotopic (exact) mass is 198 g/mol. The molecule has 0 aliphatic heterocycles. The summed E-state index contributed by atoms with van der Waals surface area (Å²) < 4.78 is 10.1. The number of hydrogen-bond donors (Lipinski definition) is 0. The number of carbonyl (C=O) groups is 1. The van der Waals surface area contributed by atoms with Crippen LogP contribution in [0.3, 0.4) is 0 Å². The second-order valence-electron chi connectivity index (χ2n) is 4.53. The zero-order valence-electron chi connectivity index (χ0n) is 9.72. The predicted octanol–water partition coefficient (Wildman–Crippen LogP) is 2.69. The van der Waals surface area contributed by atoms with E-state index in [9.17, 15) is 4.79 Å². The quantitative estimate of drug-likeness (QED) is 0.514. The molecule has 0 aromatic carbocycles. The van der Waals surface area contributed by atoms with Crippen molar-refractivity contribution in [3.05, 3.63) is 0 Å². The van der Waals surface area contributed by atoms with Crippen LogP contribution in [0.5, 0.6) is 0 Å². The van der Waals surface area contributed by atoms with Crippen molar-refractivity contribution in [2.45, 2.75) is 58.6 Å². The third kappa shape index (κ3) is 5.15. The third-order valence-electron chi connectivity index (χ3n) is 2.06. The lowest BCUT2D eigenvalue weighted by molar-refractivity contribution is -0.0538. The summed E-state index contributed by atoms with van der Waals surface area (Å²) in [5.41, 5.74) is -1.15. The predicted molar refractivity (Wildman–Crippen MR) is 56.6 cm³/mol. The van der Waals surface area contributed by atoms with Gasteiger partial charge in [-0.05, 0) is 40.4 Å². The molecule has 80 valence electrons. The van der Waals surface area contributed by atoms with E-state index >= 15 is 0 Å². The van der Waals surface area contributed by atoms with Crippen LogP contribution in [-0.4, -0.2) is 25.2 Å². The Bertz CT molecular complexity index is 180. The van der Waals surface area contributed by atoms with Gasteiger partial charge in [0.15, 0.2) is 0 Å². The van der Waals surface area contributed by atoms with E-state index in [1.807, 2.05) is 20.8 Å². The molecule has 4 heteroatoms. The SMILES string of the molecule is [B]CC(C)(C)OC(=O)OC(C)(C)CC. The van der Waals surface area contributed by atoms with Gasteiger partial charge >= 0.3 is 6.16 Å². The highest BCUT2D eigenvalue weighted by Crippen LogP contribution is 2.19. The van der Waals surface area contributed by atoms with Gasteiger partial charge in [0.25, 0.3) is 0 Å². The van der Waals surface area contributed by atoms with Crippen LogP contribution in [0.25, 0.3) is 0 Å². The summed E-state index contributed by atoms with van der Waals surface area (Å²) in [6, 6.07) is 0. The Morgan fingerprint density at radius 3 is 1.93 bits per heavy atom. The minimum absolute atomic E-state index is 0.272. The van der Waals surface area contributed by atoms with Crippen LogP contribution in [0, 0.1) is 0 Å². The highest BCUT2D eigenvalue weighted by molar-refractivity contribution is 6.09. The summed E-state index contributed by atoms with van der Waals surface area (Å²) in [5, 5.41) is 0. The highest BCUT2D eigenvalue weighted by Gasteiger charge is 2.26. The number of rotatable bonds is 4. The smallest absolute Gasteiger partial charge is 0.429 e. The van der Waals surface area contributed by atoms with Crippen molar-refractivity contribution in [3.63, 3.8) is 0 Å². The van der Waals surface area contributed by atoms with E-state index in [2.05, 4.69) is 0 Å². The molecule has 0 unspecified atom stereocenters. The van der Waals surface area contributed by atoms with Gasteiger partial charge in [0.05, 0.1) is 7.85 Å². The highest BCUT2D eigenvalue weighted by atomic mass is 16.7. The molecule has 0 saturated carbocycles. The van der Waals surface area contributed by atoms with Crippen LogP contribution in [0.1, 0.15) is 41.0 Å². The molecule has 0 aliphatic carbocycles. The molecule has 0 fully saturated rings. The third-order valence-corrected chi connectivity index (χ3v) is 2.06.